The number of carbonyl (C=O) groups is 2. The molecule has 0 aliphatic carbocycles. The average molecular weight is 371 g/mol. The molecular weight excluding hydrogens is 332 g/mol. The predicted octanol–water partition coefficient (Wildman–Crippen LogP) is 4.00. The number of hydrogen-bond donors (Lipinski definition) is 1. The zero-order chi connectivity index (χ0) is 17.3. The molecule has 0 saturated carbocycles. The summed E-state index contributed by atoms with van der Waals surface area (Å²) >= 11 is 0. The third kappa shape index (κ3) is 18.7. The van der Waals surface area contributed by atoms with Crippen LogP contribution in [0.4, 0.5) is 0 Å². The molecule has 1 atom stereocenters. The van der Waals surface area contributed by atoms with E-state index in [2.05, 4.69) is 11.7 Å². The van der Waals surface area contributed by atoms with Gasteiger partial charge in [-0.15, -0.1) is 0 Å². The predicted molar refractivity (Wildman–Crippen MR) is 102 cm³/mol. The number of hydrogen-bond acceptors (Lipinski definition) is 4. The molecule has 0 radical (unpaired) electrons. The summed E-state index contributed by atoms with van der Waals surface area (Å²) in [7, 11) is 0. The number of carbonyl (C=O) groups excluding carboxylic acids is 2. The number of esters is 2. The molecule has 0 rings (SSSR count). The molecule has 0 saturated heterocycles. The van der Waals surface area contributed by atoms with Crippen molar-refractivity contribution in [3.05, 3.63) is 0 Å². The van der Waals surface area contributed by atoms with Crippen LogP contribution in [0.2, 0.25) is 0 Å². The fourth-order valence-corrected chi connectivity index (χ4v) is 2.54. The van der Waals surface area contributed by atoms with Crippen LogP contribution >= 0.6 is 0 Å². The average Bonchev–Trinajstić information content (AvgIpc) is 2.51. The van der Waals surface area contributed by atoms with E-state index in [1.807, 2.05) is 0 Å². The van der Waals surface area contributed by atoms with E-state index in [0.717, 1.165) is 19.3 Å². The van der Waals surface area contributed by atoms with Crippen molar-refractivity contribution in [2.75, 3.05) is 0 Å². The Morgan fingerprint density at radius 2 is 1.17 bits per heavy atom. The Labute approximate surface area is 178 Å². The summed E-state index contributed by atoms with van der Waals surface area (Å²) in [6.45, 7) is 3.54. The van der Waals surface area contributed by atoms with Gasteiger partial charge in [0.1, 0.15) is 6.10 Å². The second-order valence-corrected chi connectivity index (χ2v) is 6.46. The van der Waals surface area contributed by atoms with Crippen LogP contribution in [0.5, 0.6) is 0 Å². The third-order valence-electron chi connectivity index (χ3n) is 4.04. The van der Waals surface area contributed by atoms with Gasteiger partial charge < -0.3 is 9.84 Å². The molecule has 1 N–H and O–H groups in total. The second kappa shape index (κ2) is 19.7. The number of aliphatic hydroxyl groups excluding tert-OH is 1. The molecule has 0 aliphatic rings. The van der Waals surface area contributed by atoms with Gasteiger partial charge in [0.05, 0.1) is 0 Å². The molecule has 0 heterocycles. The maximum atomic E-state index is 11.3. The van der Waals surface area contributed by atoms with Crippen LogP contribution in [0.25, 0.3) is 0 Å². The summed E-state index contributed by atoms with van der Waals surface area (Å²) < 4.78 is 4.49. The quantitative estimate of drug-likeness (QED) is 0.205. The molecular formula is C19H38CaO4. The van der Waals surface area contributed by atoms with Gasteiger partial charge in [0.15, 0.2) is 0 Å². The Kier molecular flexibility index (Phi) is 21.8. The van der Waals surface area contributed by atoms with E-state index in [0.29, 0.717) is 0 Å². The summed E-state index contributed by atoms with van der Waals surface area (Å²) in [6, 6.07) is 0. The number of unbranched alkanes of at least 4 members (excludes halogenated alkanes) is 12. The van der Waals surface area contributed by atoms with Crippen molar-refractivity contribution in [3.63, 3.8) is 0 Å². The Morgan fingerprint density at radius 1 is 0.792 bits per heavy atom. The van der Waals surface area contributed by atoms with E-state index in [4.69, 9.17) is 5.11 Å². The molecule has 0 aliphatic heterocycles. The Hall–Kier alpha value is 0.360. The van der Waals surface area contributed by atoms with E-state index >= 15 is 0 Å². The standard InChI is InChI=1S/C19H36O4.Ca.2H/c1-3-4-5-6-7-8-9-10-11-12-13-14-15-16-18(21)23-19(22)17(2)20;;;/h17,20H,3-16H2,1-2H3;;;. The molecule has 0 aromatic carbocycles. The minimum absolute atomic E-state index is 0. The second-order valence-electron chi connectivity index (χ2n) is 6.46. The van der Waals surface area contributed by atoms with Gasteiger partial charge in [-0.2, -0.15) is 0 Å². The zero-order valence-corrected chi connectivity index (χ0v) is 15.1. The van der Waals surface area contributed by atoms with Crippen molar-refractivity contribution < 1.29 is 19.4 Å². The monoisotopic (exact) mass is 370 g/mol. The van der Waals surface area contributed by atoms with Crippen molar-refractivity contribution >= 4 is 49.7 Å². The first kappa shape index (κ1) is 26.6. The van der Waals surface area contributed by atoms with Crippen molar-refractivity contribution in [3.8, 4) is 0 Å². The van der Waals surface area contributed by atoms with Crippen LogP contribution in [0.15, 0.2) is 0 Å². The van der Waals surface area contributed by atoms with Crippen LogP contribution in [-0.4, -0.2) is 60.9 Å². The zero-order valence-electron chi connectivity index (χ0n) is 15.1. The molecule has 140 valence electrons. The Morgan fingerprint density at radius 3 is 1.54 bits per heavy atom. The maximum absolute atomic E-state index is 11.3. The molecule has 4 nitrogen and oxygen atoms in total. The molecule has 0 fully saturated rings. The van der Waals surface area contributed by atoms with E-state index in [1.54, 1.807) is 0 Å². The van der Waals surface area contributed by atoms with Gasteiger partial charge in [-0.05, 0) is 13.3 Å². The van der Waals surface area contributed by atoms with Crippen LogP contribution in [0, 0.1) is 0 Å². The van der Waals surface area contributed by atoms with Gasteiger partial charge in [-0.1, -0.05) is 84.0 Å². The van der Waals surface area contributed by atoms with Gasteiger partial charge >= 0.3 is 49.7 Å². The fourth-order valence-electron chi connectivity index (χ4n) is 2.54. The van der Waals surface area contributed by atoms with Gasteiger partial charge in [0, 0.05) is 6.42 Å². The molecule has 0 aromatic rings. The minimum atomic E-state index is -1.23. The summed E-state index contributed by atoms with van der Waals surface area (Å²) in [5.74, 6) is -1.39. The molecule has 0 spiro atoms. The first-order chi connectivity index (χ1) is 11.1. The van der Waals surface area contributed by atoms with Gasteiger partial charge in [0.25, 0.3) is 0 Å². The number of ether oxygens (including phenoxy) is 1. The topological polar surface area (TPSA) is 63.6 Å². The summed E-state index contributed by atoms with van der Waals surface area (Å²) in [5, 5.41) is 8.93. The van der Waals surface area contributed by atoms with Crippen molar-refractivity contribution in [2.24, 2.45) is 0 Å². The molecule has 0 aromatic heterocycles. The number of aliphatic hydroxyl groups is 1. The van der Waals surface area contributed by atoms with Crippen LogP contribution in [0.1, 0.15) is 104 Å². The molecule has 24 heavy (non-hydrogen) atoms. The van der Waals surface area contributed by atoms with Gasteiger partial charge in [0.2, 0.25) is 0 Å². The first-order valence-electron chi connectivity index (χ1n) is 9.50. The number of rotatable bonds is 15. The molecule has 1 unspecified atom stereocenters. The van der Waals surface area contributed by atoms with E-state index in [9.17, 15) is 9.59 Å². The Bertz CT molecular complexity index is 306. The van der Waals surface area contributed by atoms with Gasteiger partial charge in [-0.25, -0.2) is 4.79 Å². The first-order valence-corrected chi connectivity index (χ1v) is 9.50. The van der Waals surface area contributed by atoms with Crippen molar-refractivity contribution in [2.45, 2.75) is 110 Å². The fraction of sp³-hybridized carbons (Fsp3) is 0.895. The van der Waals surface area contributed by atoms with E-state index in [-0.39, 0.29) is 44.2 Å². The summed E-state index contributed by atoms with van der Waals surface area (Å²) in [6.07, 6.45) is 15.3. The molecule has 0 amide bonds. The summed E-state index contributed by atoms with van der Waals surface area (Å²) in [4.78, 5) is 22.3. The third-order valence-corrected chi connectivity index (χ3v) is 4.04. The van der Waals surface area contributed by atoms with E-state index < -0.39 is 18.0 Å². The van der Waals surface area contributed by atoms with Crippen LogP contribution < -0.4 is 0 Å². The van der Waals surface area contributed by atoms with Crippen molar-refractivity contribution in [1.82, 2.24) is 0 Å². The summed E-state index contributed by atoms with van der Waals surface area (Å²) in [5.41, 5.74) is 0. The molecule has 5 heteroatoms. The van der Waals surface area contributed by atoms with Crippen molar-refractivity contribution in [1.29, 1.82) is 0 Å². The SMILES string of the molecule is CCCCCCCCCCCCCCCC(=O)OC(=O)C(C)O.[CaH2]. The Balaban J connectivity index is 0. The molecule has 0 bridgehead atoms. The van der Waals surface area contributed by atoms with Crippen LogP contribution in [0.3, 0.4) is 0 Å². The van der Waals surface area contributed by atoms with E-state index in [1.165, 1.54) is 71.1 Å². The van der Waals surface area contributed by atoms with Gasteiger partial charge in [-0.3, -0.25) is 4.79 Å². The normalized spacial score (nSPS) is 11.6. The van der Waals surface area contributed by atoms with Crippen LogP contribution in [-0.2, 0) is 14.3 Å².